The monoisotopic (exact) mass is 501 g/mol. The maximum absolute atomic E-state index is 12.4. The van der Waals surface area contributed by atoms with E-state index in [4.69, 9.17) is 17.3 Å². The van der Waals surface area contributed by atoms with Gasteiger partial charge in [-0.2, -0.15) is 0 Å². The molecule has 1 unspecified atom stereocenters. The number of hydrogen-bond acceptors (Lipinski definition) is 3. The van der Waals surface area contributed by atoms with Crippen LogP contribution in [0.15, 0.2) is 53.5 Å². The molecule has 5 nitrogen and oxygen atoms in total. The molecular formula is C16H16ClF3IN3O2. The zero-order valence-electron chi connectivity index (χ0n) is 13.2. The molecule has 1 atom stereocenters. The molecule has 0 spiro atoms. The summed E-state index contributed by atoms with van der Waals surface area (Å²) in [5.74, 6) is -0.621. The Balaban J connectivity index is 0.00000338. The third kappa shape index (κ3) is 6.89. The van der Waals surface area contributed by atoms with Crippen molar-refractivity contribution in [1.29, 1.82) is 0 Å². The highest BCUT2D eigenvalue weighted by Gasteiger charge is 2.32. The van der Waals surface area contributed by atoms with Gasteiger partial charge in [0.2, 0.25) is 0 Å². The van der Waals surface area contributed by atoms with E-state index < -0.39 is 18.2 Å². The van der Waals surface area contributed by atoms with Gasteiger partial charge >= 0.3 is 6.36 Å². The fourth-order valence-corrected chi connectivity index (χ4v) is 2.25. The van der Waals surface area contributed by atoms with Crippen LogP contribution in [0.2, 0.25) is 5.02 Å². The molecular weight excluding hydrogens is 486 g/mol. The van der Waals surface area contributed by atoms with Crippen LogP contribution in [0, 0.1) is 0 Å². The number of rotatable bonds is 5. The summed E-state index contributed by atoms with van der Waals surface area (Å²) < 4.78 is 41.0. The maximum atomic E-state index is 12.4. The number of benzene rings is 2. The number of para-hydroxylation sites is 2. The van der Waals surface area contributed by atoms with Gasteiger partial charge in [-0.1, -0.05) is 41.9 Å². The van der Waals surface area contributed by atoms with Crippen LogP contribution in [0.5, 0.6) is 5.75 Å². The van der Waals surface area contributed by atoms with Gasteiger partial charge in [0.05, 0.1) is 12.2 Å². The molecule has 2 aromatic carbocycles. The number of nitrogens with one attached hydrogen (secondary N) is 1. The second kappa shape index (κ2) is 9.83. The SMILES string of the molecule is I.NC(=NCC(O)c1ccccc1Cl)Nc1ccccc1OC(F)(F)F. The molecule has 0 saturated carbocycles. The van der Waals surface area contributed by atoms with Gasteiger partial charge in [0.25, 0.3) is 0 Å². The van der Waals surface area contributed by atoms with Gasteiger partial charge in [0.15, 0.2) is 11.7 Å². The highest BCUT2D eigenvalue weighted by molar-refractivity contribution is 14.0. The Hall–Kier alpha value is -1.72. The van der Waals surface area contributed by atoms with E-state index >= 15 is 0 Å². The van der Waals surface area contributed by atoms with Gasteiger partial charge in [-0.15, -0.1) is 37.1 Å². The number of alkyl halides is 3. The van der Waals surface area contributed by atoms with Crippen LogP contribution < -0.4 is 15.8 Å². The van der Waals surface area contributed by atoms with Gasteiger partial charge in [0, 0.05) is 10.6 Å². The molecule has 142 valence electrons. The van der Waals surface area contributed by atoms with Crippen LogP contribution in [-0.2, 0) is 0 Å². The van der Waals surface area contributed by atoms with E-state index in [9.17, 15) is 18.3 Å². The Kier molecular flexibility index (Phi) is 8.44. The van der Waals surface area contributed by atoms with Crippen molar-refractivity contribution in [2.45, 2.75) is 12.5 Å². The zero-order chi connectivity index (χ0) is 18.4. The smallest absolute Gasteiger partial charge is 0.404 e. The minimum Gasteiger partial charge on any atom is -0.404 e. The largest absolute Gasteiger partial charge is 0.573 e. The molecule has 26 heavy (non-hydrogen) atoms. The Bertz CT molecular complexity index is 760. The summed E-state index contributed by atoms with van der Waals surface area (Å²) in [5, 5.41) is 13.0. The Morgan fingerprint density at radius 1 is 1.19 bits per heavy atom. The van der Waals surface area contributed by atoms with E-state index in [1.807, 2.05) is 0 Å². The molecule has 0 saturated heterocycles. The third-order valence-electron chi connectivity index (χ3n) is 3.07. The number of hydrogen-bond donors (Lipinski definition) is 3. The highest BCUT2D eigenvalue weighted by Crippen LogP contribution is 2.29. The number of aliphatic hydroxyl groups excluding tert-OH is 1. The summed E-state index contributed by atoms with van der Waals surface area (Å²) in [6, 6.07) is 12.1. The number of ether oxygens (including phenoxy) is 1. The van der Waals surface area contributed by atoms with Crippen molar-refractivity contribution in [2.24, 2.45) is 10.7 Å². The minimum atomic E-state index is -4.83. The van der Waals surface area contributed by atoms with Crippen molar-refractivity contribution >= 4 is 47.2 Å². The lowest BCUT2D eigenvalue weighted by Gasteiger charge is -2.14. The average molecular weight is 502 g/mol. The summed E-state index contributed by atoms with van der Waals surface area (Å²) in [6.07, 6.45) is -5.83. The van der Waals surface area contributed by atoms with Crippen LogP contribution in [0.3, 0.4) is 0 Å². The van der Waals surface area contributed by atoms with Gasteiger partial charge in [-0.3, -0.25) is 4.99 Å². The van der Waals surface area contributed by atoms with Crippen LogP contribution >= 0.6 is 35.6 Å². The number of aliphatic imine (C=N–C) groups is 1. The Morgan fingerprint density at radius 2 is 1.81 bits per heavy atom. The molecule has 10 heteroatoms. The Labute approximate surface area is 170 Å². The van der Waals surface area contributed by atoms with E-state index in [0.717, 1.165) is 6.07 Å². The normalized spacial score (nSPS) is 12.9. The number of anilines is 1. The van der Waals surface area contributed by atoms with E-state index in [0.29, 0.717) is 10.6 Å². The molecule has 0 fully saturated rings. The number of halogens is 5. The second-order valence-electron chi connectivity index (χ2n) is 4.93. The second-order valence-corrected chi connectivity index (χ2v) is 5.34. The molecule has 0 aliphatic carbocycles. The first-order valence-electron chi connectivity index (χ1n) is 7.10. The van der Waals surface area contributed by atoms with Crippen LogP contribution in [0.4, 0.5) is 18.9 Å². The van der Waals surface area contributed by atoms with Crippen molar-refractivity contribution in [3.05, 3.63) is 59.1 Å². The molecule has 2 aromatic rings. The third-order valence-corrected chi connectivity index (χ3v) is 3.42. The standard InChI is InChI=1S/C16H15ClF3N3O2.HI/c17-11-6-2-1-5-10(11)13(24)9-22-15(21)23-12-7-3-4-8-14(12)25-16(18,19)20;/h1-8,13,24H,9H2,(H3,21,22,23);1H. The average Bonchev–Trinajstić information content (AvgIpc) is 2.53. The van der Waals surface area contributed by atoms with Crippen LogP contribution in [0.25, 0.3) is 0 Å². The molecule has 0 aliphatic rings. The van der Waals surface area contributed by atoms with Gasteiger partial charge in [0.1, 0.15) is 6.10 Å². The molecule has 2 rings (SSSR count). The zero-order valence-corrected chi connectivity index (χ0v) is 16.3. The number of guanidine groups is 1. The van der Waals surface area contributed by atoms with Crippen molar-refractivity contribution in [3.63, 3.8) is 0 Å². The van der Waals surface area contributed by atoms with E-state index in [-0.39, 0.29) is 42.2 Å². The quantitative estimate of drug-likeness (QED) is 0.324. The summed E-state index contributed by atoms with van der Waals surface area (Å²) in [6.45, 7) is -0.120. The lowest BCUT2D eigenvalue weighted by atomic mass is 10.1. The van der Waals surface area contributed by atoms with Crippen molar-refractivity contribution < 1.29 is 23.0 Å². The molecule has 0 aromatic heterocycles. The predicted octanol–water partition coefficient (Wildman–Crippen LogP) is 4.32. The summed E-state index contributed by atoms with van der Waals surface area (Å²) in [5.41, 5.74) is 6.13. The number of aliphatic hydroxyl groups is 1. The molecule has 0 amide bonds. The summed E-state index contributed by atoms with van der Waals surface area (Å²) in [7, 11) is 0. The molecule has 0 heterocycles. The first-order valence-corrected chi connectivity index (χ1v) is 7.48. The maximum Gasteiger partial charge on any atom is 0.573 e. The first kappa shape index (κ1) is 22.3. The van der Waals surface area contributed by atoms with Crippen molar-refractivity contribution in [3.8, 4) is 5.75 Å². The van der Waals surface area contributed by atoms with Gasteiger partial charge in [-0.05, 0) is 18.2 Å². The van der Waals surface area contributed by atoms with Crippen molar-refractivity contribution in [2.75, 3.05) is 11.9 Å². The van der Waals surface area contributed by atoms with Crippen LogP contribution in [-0.4, -0.2) is 24.0 Å². The van der Waals surface area contributed by atoms with E-state index in [1.165, 1.54) is 18.2 Å². The van der Waals surface area contributed by atoms with Gasteiger partial charge < -0.3 is 20.9 Å². The number of nitrogens with two attached hydrogens (primary N) is 1. The fourth-order valence-electron chi connectivity index (χ4n) is 1.99. The number of nitrogens with zero attached hydrogens (tertiary/aromatic N) is 1. The predicted molar refractivity (Wildman–Crippen MR) is 105 cm³/mol. The van der Waals surface area contributed by atoms with E-state index in [1.54, 1.807) is 24.3 Å². The van der Waals surface area contributed by atoms with Gasteiger partial charge in [-0.25, -0.2) is 0 Å². The van der Waals surface area contributed by atoms with Crippen LogP contribution in [0.1, 0.15) is 11.7 Å². The molecule has 0 bridgehead atoms. The lowest BCUT2D eigenvalue weighted by Crippen LogP contribution is -2.25. The molecule has 0 radical (unpaired) electrons. The lowest BCUT2D eigenvalue weighted by molar-refractivity contribution is -0.274. The Morgan fingerprint density at radius 3 is 2.46 bits per heavy atom. The fraction of sp³-hybridized carbons (Fsp3) is 0.188. The molecule has 0 aliphatic heterocycles. The van der Waals surface area contributed by atoms with Crippen molar-refractivity contribution in [1.82, 2.24) is 0 Å². The van der Waals surface area contributed by atoms with E-state index in [2.05, 4.69) is 15.0 Å². The summed E-state index contributed by atoms with van der Waals surface area (Å²) >= 11 is 5.97. The molecule has 4 N–H and O–H groups in total. The summed E-state index contributed by atoms with van der Waals surface area (Å²) in [4.78, 5) is 3.91. The topological polar surface area (TPSA) is 79.9 Å². The highest BCUT2D eigenvalue weighted by atomic mass is 127. The first-order chi connectivity index (χ1) is 11.8. The minimum absolute atomic E-state index is 0.